The van der Waals surface area contributed by atoms with Crippen LogP contribution in [-0.4, -0.2) is 9.97 Å². The first-order valence-corrected chi connectivity index (χ1v) is 6.88. The third-order valence-electron chi connectivity index (χ3n) is 3.25. The number of nitrogens with two attached hydrogens (primary N) is 1. The number of aromatic nitrogens is 2. The minimum atomic E-state index is -0.713. The smallest absolute Gasteiger partial charge is 0.319 e. The fourth-order valence-corrected chi connectivity index (χ4v) is 2.12. The highest BCUT2D eigenvalue weighted by atomic mass is 19.1. The summed E-state index contributed by atoms with van der Waals surface area (Å²) >= 11 is 0. The number of ether oxygens (including phenoxy) is 1. The van der Waals surface area contributed by atoms with E-state index in [4.69, 9.17) is 10.5 Å². The van der Waals surface area contributed by atoms with Crippen molar-refractivity contribution in [3.8, 4) is 6.01 Å². The zero-order chi connectivity index (χ0) is 16.2. The first-order valence-electron chi connectivity index (χ1n) is 6.88. The van der Waals surface area contributed by atoms with E-state index in [-0.39, 0.29) is 17.6 Å². The third-order valence-corrected chi connectivity index (χ3v) is 3.25. The van der Waals surface area contributed by atoms with E-state index in [1.54, 1.807) is 12.1 Å². The number of hydrogen-bond acceptors (Lipinski definition) is 4. The summed E-state index contributed by atoms with van der Waals surface area (Å²) in [4.78, 5) is 7.56. The molecule has 0 radical (unpaired) electrons. The highest BCUT2D eigenvalue weighted by Crippen LogP contribution is 2.27. The van der Waals surface area contributed by atoms with Crippen LogP contribution >= 0.6 is 0 Å². The molecular weight excluding hydrogens is 300 g/mol. The highest BCUT2D eigenvalue weighted by Gasteiger charge is 2.18. The van der Waals surface area contributed by atoms with Crippen molar-refractivity contribution < 1.29 is 13.5 Å². The second-order valence-electron chi connectivity index (χ2n) is 4.85. The summed E-state index contributed by atoms with van der Waals surface area (Å²) in [6.45, 7) is 0. The van der Waals surface area contributed by atoms with Crippen LogP contribution in [0.2, 0.25) is 0 Å². The second kappa shape index (κ2) is 6.39. The van der Waals surface area contributed by atoms with E-state index in [9.17, 15) is 8.78 Å². The summed E-state index contributed by atoms with van der Waals surface area (Å²) in [5.74, 6) is -1.35. The molecule has 0 fully saturated rings. The number of anilines is 1. The van der Waals surface area contributed by atoms with E-state index in [1.807, 2.05) is 30.3 Å². The Labute approximate surface area is 131 Å². The maximum Gasteiger partial charge on any atom is 0.319 e. The summed E-state index contributed by atoms with van der Waals surface area (Å²) in [6, 6.07) is 15.2. The van der Waals surface area contributed by atoms with Crippen LogP contribution in [-0.2, 0) is 0 Å². The van der Waals surface area contributed by atoms with Gasteiger partial charge in [-0.1, -0.05) is 42.5 Å². The molecule has 3 rings (SSSR count). The zero-order valence-electron chi connectivity index (χ0n) is 12.0. The molecule has 2 aromatic carbocycles. The minimum absolute atomic E-state index is 0.0536. The molecular formula is C17H13F2N3O. The van der Waals surface area contributed by atoms with Crippen LogP contribution in [0.5, 0.6) is 6.01 Å². The molecule has 23 heavy (non-hydrogen) atoms. The average molecular weight is 313 g/mol. The molecule has 0 saturated heterocycles. The van der Waals surface area contributed by atoms with Gasteiger partial charge in [0.15, 0.2) is 17.7 Å². The topological polar surface area (TPSA) is 61.0 Å². The Balaban J connectivity index is 1.98. The number of halogens is 2. The first-order chi connectivity index (χ1) is 11.1. The Hall–Kier alpha value is -3.02. The van der Waals surface area contributed by atoms with Gasteiger partial charge in [-0.3, -0.25) is 0 Å². The monoisotopic (exact) mass is 313 g/mol. The zero-order valence-corrected chi connectivity index (χ0v) is 12.0. The van der Waals surface area contributed by atoms with Crippen LogP contribution in [0.15, 0.2) is 60.8 Å². The molecule has 0 aliphatic carbocycles. The second-order valence-corrected chi connectivity index (χ2v) is 4.85. The van der Waals surface area contributed by atoms with Gasteiger partial charge < -0.3 is 10.5 Å². The van der Waals surface area contributed by atoms with Gasteiger partial charge in [0.2, 0.25) is 0 Å². The third kappa shape index (κ3) is 3.42. The van der Waals surface area contributed by atoms with Crippen LogP contribution in [0, 0.1) is 11.6 Å². The highest BCUT2D eigenvalue weighted by molar-refractivity contribution is 5.33. The molecule has 1 aromatic heterocycles. The molecule has 0 aliphatic heterocycles. The van der Waals surface area contributed by atoms with Crippen molar-refractivity contribution in [1.29, 1.82) is 0 Å². The summed E-state index contributed by atoms with van der Waals surface area (Å²) in [5.41, 5.74) is 6.97. The molecule has 0 saturated carbocycles. The molecule has 1 heterocycles. The predicted octanol–water partition coefficient (Wildman–Crippen LogP) is 3.51. The fraction of sp³-hybridized carbons (Fsp3) is 0.0588. The molecule has 4 nitrogen and oxygen atoms in total. The molecule has 1 atom stereocenters. The Morgan fingerprint density at radius 1 is 0.913 bits per heavy atom. The normalized spacial score (nSPS) is 11.9. The number of rotatable bonds is 4. The van der Waals surface area contributed by atoms with Crippen LogP contribution in [0.3, 0.4) is 0 Å². The van der Waals surface area contributed by atoms with Gasteiger partial charge in [-0.15, -0.1) is 0 Å². The molecule has 6 heteroatoms. The Morgan fingerprint density at radius 3 is 2.22 bits per heavy atom. The lowest BCUT2D eigenvalue weighted by Gasteiger charge is -2.19. The van der Waals surface area contributed by atoms with Gasteiger partial charge >= 0.3 is 6.01 Å². The molecule has 0 bridgehead atoms. The van der Waals surface area contributed by atoms with Crippen molar-refractivity contribution in [2.45, 2.75) is 6.10 Å². The molecule has 2 N–H and O–H groups in total. The van der Waals surface area contributed by atoms with Crippen molar-refractivity contribution in [3.63, 3.8) is 0 Å². The lowest BCUT2D eigenvalue weighted by Crippen LogP contribution is -2.12. The number of nitrogen functional groups attached to an aromatic ring is 1. The number of nitrogens with zero attached hydrogens (tertiary/aromatic N) is 2. The van der Waals surface area contributed by atoms with E-state index in [0.717, 1.165) is 11.8 Å². The number of hydrogen-bond donors (Lipinski definition) is 1. The standard InChI is InChI=1S/C17H13F2N3O/c18-13-8-6-12(7-9-13)15(11-4-2-1-3-5-11)23-17-21-10-14(19)16(20)22-17/h1-10,15H,(H2,20,21,22). The lowest BCUT2D eigenvalue weighted by molar-refractivity contribution is 0.225. The Bertz CT molecular complexity index is 795. The minimum Gasteiger partial charge on any atom is -0.450 e. The van der Waals surface area contributed by atoms with Crippen LogP contribution in [0.4, 0.5) is 14.6 Å². The van der Waals surface area contributed by atoms with E-state index in [2.05, 4.69) is 9.97 Å². The van der Waals surface area contributed by atoms with Crippen molar-refractivity contribution in [1.82, 2.24) is 9.97 Å². The molecule has 116 valence electrons. The molecule has 0 amide bonds. The molecule has 1 unspecified atom stereocenters. The van der Waals surface area contributed by atoms with Gasteiger partial charge in [-0.05, 0) is 23.3 Å². The van der Waals surface area contributed by atoms with Crippen molar-refractivity contribution >= 4 is 5.82 Å². The van der Waals surface area contributed by atoms with E-state index in [0.29, 0.717) is 5.56 Å². The fourth-order valence-electron chi connectivity index (χ4n) is 2.12. The first kappa shape index (κ1) is 14.9. The Morgan fingerprint density at radius 2 is 1.57 bits per heavy atom. The van der Waals surface area contributed by atoms with E-state index in [1.165, 1.54) is 12.1 Å². The Kier molecular flexibility index (Phi) is 4.14. The van der Waals surface area contributed by atoms with Gasteiger partial charge in [0, 0.05) is 0 Å². The van der Waals surface area contributed by atoms with Gasteiger partial charge in [0.25, 0.3) is 0 Å². The van der Waals surface area contributed by atoms with Crippen molar-refractivity contribution in [3.05, 3.63) is 83.6 Å². The molecule has 0 aliphatic rings. The summed E-state index contributed by atoms with van der Waals surface area (Å²) in [7, 11) is 0. The van der Waals surface area contributed by atoms with E-state index >= 15 is 0 Å². The molecule has 0 spiro atoms. The van der Waals surface area contributed by atoms with Crippen LogP contribution < -0.4 is 10.5 Å². The van der Waals surface area contributed by atoms with Crippen LogP contribution in [0.25, 0.3) is 0 Å². The quantitative estimate of drug-likeness (QED) is 0.801. The average Bonchev–Trinajstić information content (AvgIpc) is 2.58. The van der Waals surface area contributed by atoms with Crippen molar-refractivity contribution in [2.75, 3.05) is 5.73 Å². The summed E-state index contributed by atoms with van der Waals surface area (Å²) in [5, 5.41) is 0. The van der Waals surface area contributed by atoms with Gasteiger partial charge in [-0.25, -0.2) is 13.8 Å². The van der Waals surface area contributed by atoms with Gasteiger partial charge in [0.05, 0.1) is 6.20 Å². The molecule has 3 aromatic rings. The van der Waals surface area contributed by atoms with Gasteiger partial charge in [0.1, 0.15) is 5.82 Å². The summed E-state index contributed by atoms with van der Waals surface area (Å²) in [6.07, 6.45) is 0.381. The van der Waals surface area contributed by atoms with Crippen LogP contribution in [0.1, 0.15) is 17.2 Å². The lowest BCUT2D eigenvalue weighted by atomic mass is 10.0. The number of benzene rings is 2. The largest absolute Gasteiger partial charge is 0.450 e. The maximum atomic E-state index is 13.2. The predicted molar refractivity (Wildman–Crippen MR) is 81.7 cm³/mol. The van der Waals surface area contributed by atoms with E-state index < -0.39 is 11.9 Å². The maximum absolute atomic E-state index is 13.2. The summed E-state index contributed by atoms with van der Waals surface area (Å²) < 4.78 is 32.1. The SMILES string of the molecule is Nc1nc(OC(c2ccccc2)c2ccc(F)cc2)ncc1F. The van der Waals surface area contributed by atoms with Gasteiger partial charge in [-0.2, -0.15) is 4.98 Å². The van der Waals surface area contributed by atoms with Crippen molar-refractivity contribution in [2.24, 2.45) is 0 Å².